The van der Waals surface area contributed by atoms with E-state index in [9.17, 15) is 13.2 Å². The first-order valence-corrected chi connectivity index (χ1v) is 7.90. The number of methoxy groups -OCH3 is 1. The minimum Gasteiger partial charge on any atom is -0.383 e. The van der Waals surface area contributed by atoms with Crippen molar-refractivity contribution in [1.29, 1.82) is 0 Å². The SMILES string of the molecule is COCCNC(=O)[C@@H](C)N=C1NS(=O)(=O)c2ccccc21. The topological polar surface area (TPSA) is 96.9 Å². The molecule has 0 bridgehead atoms. The van der Waals surface area contributed by atoms with Crippen LogP contribution in [-0.2, 0) is 19.6 Å². The minimum atomic E-state index is -3.58. The predicted molar refractivity (Wildman–Crippen MR) is 77.6 cm³/mol. The van der Waals surface area contributed by atoms with Crippen LogP contribution in [0.15, 0.2) is 34.2 Å². The lowest BCUT2D eigenvalue weighted by atomic mass is 10.2. The molecule has 0 saturated carbocycles. The molecule has 0 radical (unpaired) electrons. The van der Waals surface area contributed by atoms with E-state index in [1.165, 1.54) is 6.07 Å². The Balaban J connectivity index is 2.18. The first kappa shape index (κ1) is 15.5. The summed E-state index contributed by atoms with van der Waals surface area (Å²) in [5.41, 5.74) is 0.481. The van der Waals surface area contributed by atoms with Gasteiger partial charge in [0.25, 0.3) is 10.0 Å². The molecule has 1 atom stereocenters. The number of rotatable bonds is 5. The summed E-state index contributed by atoms with van der Waals surface area (Å²) in [6.07, 6.45) is 0. The first-order valence-electron chi connectivity index (χ1n) is 6.42. The molecular weight excluding hydrogens is 294 g/mol. The fourth-order valence-electron chi connectivity index (χ4n) is 1.91. The zero-order chi connectivity index (χ0) is 15.5. The van der Waals surface area contributed by atoms with Crippen LogP contribution in [-0.4, -0.2) is 46.5 Å². The Morgan fingerprint density at radius 1 is 1.43 bits per heavy atom. The standard InChI is InChI=1S/C13H17N3O4S/c1-9(13(17)14-7-8-20-2)15-12-10-5-3-4-6-11(10)21(18,19)16-12/h3-6,9H,7-8H2,1-2H3,(H,14,17)(H,15,16)/t9-/m1/s1. The summed E-state index contributed by atoms with van der Waals surface area (Å²) in [5, 5.41) is 2.65. The van der Waals surface area contributed by atoms with Gasteiger partial charge in [-0.15, -0.1) is 0 Å². The third-order valence-electron chi connectivity index (χ3n) is 2.97. The molecule has 0 saturated heterocycles. The second kappa shape index (κ2) is 6.23. The van der Waals surface area contributed by atoms with Crippen LogP contribution in [0.4, 0.5) is 0 Å². The maximum absolute atomic E-state index is 11.9. The second-order valence-corrected chi connectivity index (χ2v) is 6.19. The Hall–Kier alpha value is -1.93. The van der Waals surface area contributed by atoms with Gasteiger partial charge in [-0.05, 0) is 19.1 Å². The summed E-state index contributed by atoms with van der Waals surface area (Å²) in [6, 6.07) is 5.82. The van der Waals surface area contributed by atoms with Crippen molar-refractivity contribution >= 4 is 21.8 Å². The van der Waals surface area contributed by atoms with Gasteiger partial charge in [0.2, 0.25) is 5.91 Å². The molecule has 0 fully saturated rings. The average molecular weight is 311 g/mol. The minimum absolute atomic E-state index is 0.177. The number of benzene rings is 1. The lowest BCUT2D eigenvalue weighted by Crippen LogP contribution is -2.35. The molecule has 1 aromatic rings. The zero-order valence-corrected chi connectivity index (χ0v) is 12.6. The molecule has 0 aliphatic carbocycles. The normalized spacial score (nSPS) is 18.9. The fourth-order valence-corrected chi connectivity index (χ4v) is 3.15. The van der Waals surface area contributed by atoms with Gasteiger partial charge in [0.05, 0.1) is 11.5 Å². The molecule has 1 aromatic carbocycles. The summed E-state index contributed by atoms with van der Waals surface area (Å²) in [4.78, 5) is 16.2. The number of nitrogens with one attached hydrogen (secondary N) is 2. The van der Waals surface area contributed by atoms with Crippen LogP contribution in [0.25, 0.3) is 0 Å². The largest absolute Gasteiger partial charge is 0.383 e. The van der Waals surface area contributed by atoms with Gasteiger partial charge in [0.15, 0.2) is 0 Å². The van der Waals surface area contributed by atoms with Crippen LogP contribution < -0.4 is 10.0 Å². The van der Waals surface area contributed by atoms with E-state index in [-0.39, 0.29) is 16.6 Å². The van der Waals surface area contributed by atoms with E-state index in [4.69, 9.17) is 4.74 Å². The van der Waals surface area contributed by atoms with Gasteiger partial charge in [0.1, 0.15) is 11.9 Å². The second-order valence-electron chi connectivity index (χ2n) is 4.54. The summed E-state index contributed by atoms with van der Waals surface area (Å²) in [6.45, 7) is 2.39. The van der Waals surface area contributed by atoms with E-state index in [0.29, 0.717) is 18.7 Å². The van der Waals surface area contributed by atoms with Gasteiger partial charge in [-0.1, -0.05) is 12.1 Å². The van der Waals surface area contributed by atoms with Crippen LogP contribution in [0.1, 0.15) is 12.5 Å². The molecule has 2 rings (SSSR count). The third kappa shape index (κ3) is 3.40. The molecule has 8 heteroatoms. The van der Waals surface area contributed by atoms with Crippen molar-refractivity contribution in [2.75, 3.05) is 20.3 Å². The molecular formula is C13H17N3O4S. The molecule has 1 aliphatic rings. The number of hydrogen-bond donors (Lipinski definition) is 2. The van der Waals surface area contributed by atoms with Crippen molar-refractivity contribution in [2.24, 2.45) is 4.99 Å². The van der Waals surface area contributed by atoms with Crippen LogP contribution >= 0.6 is 0 Å². The molecule has 1 heterocycles. The van der Waals surface area contributed by atoms with Gasteiger partial charge >= 0.3 is 0 Å². The number of carbonyl (C=O) groups excluding carboxylic acids is 1. The molecule has 2 N–H and O–H groups in total. The van der Waals surface area contributed by atoms with Crippen molar-refractivity contribution in [1.82, 2.24) is 10.0 Å². The molecule has 0 unspecified atom stereocenters. The lowest BCUT2D eigenvalue weighted by molar-refractivity contribution is -0.122. The number of carbonyl (C=O) groups is 1. The van der Waals surface area contributed by atoms with Crippen LogP contribution in [0.2, 0.25) is 0 Å². The van der Waals surface area contributed by atoms with Crippen molar-refractivity contribution < 1.29 is 17.9 Å². The van der Waals surface area contributed by atoms with Crippen LogP contribution in [0.3, 0.4) is 0 Å². The highest BCUT2D eigenvalue weighted by Crippen LogP contribution is 2.22. The molecule has 1 amide bonds. The van der Waals surface area contributed by atoms with Crippen LogP contribution in [0.5, 0.6) is 0 Å². The van der Waals surface area contributed by atoms with E-state index in [1.54, 1.807) is 32.2 Å². The number of sulfonamides is 1. The van der Waals surface area contributed by atoms with Crippen molar-refractivity contribution in [3.8, 4) is 0 Å². The summed E-state index contributed by atoms with van der Waals surface area (Å²) < 4.78 is 31.0. The zero-order valence-electron chi connectivity index (χ0n) is 11.8. The molecule has 1 aliphatic heterocycles. The summed E-state index contributed by atoms with van der Waals surface area (Å²) in [5.74, 6) is -0.0943. The van der Waals surface area contributed by atoms with E-state index < -0.39 is 16.1 Å². The van der Waals surface area contributed by atoms with Crippen LogP contribution in [0, 0.1) is 0 Å². The summed E-state index contributed by atoms with van der Waals surface area (Å²) >= 11 is 0. The monoisotopic (exact) mass is 311 g/mol. The Kier molecular flexibility index (Phi) is 4.59. The van der Waals surface area contributed by atoms with Crippen molar-refractivity contribution in [2.45, 2.75) is 17.9 Å². The molecule has 0 aromatic heterocycles. The maximum Gasteiger partial charge on any atom is 0.263 e. The average Bonchev–Trinajstić information content (AvgIpc) is 2.71. The predicted octanol–water partition coefficient (Wildman–Crippen LogP) is -0.124. The Morgan fingerprint density at radius 2 is 2.14 bits per heavy atom. The number of nitrogens with zero attached hydrogens (tertiary/aromatic N) is 1. The number of aliphatic imine (C=N–C) groups is 1. The lowest BCUT2D eigenvalue weighted by Gasteiger charge is -2.09. The smallest absolute Gasteiger partial charge is 0.263 e. The van der Waals surface area contributed by atoms with E-state index in [0.717, 1.165) is 0 Å². The van der Waals surface area contributed by atoms with Gasteiger partial charge < -0.3 is 10.1 Å². The van der Waals surface area contributed by atoms with E-state index in [2.05, 4.69) is 15.0 Å². The number of amidine groups is 1. The number of amides is 1. The number of fused-ring (bicyclic) bond motifs is 1. The van der Waals surface area contributed by atoms with Gasteiger partial charge in [-0.25, -0.2) is 8.42 Å². The van der Waals surface area contributed by atoms with Gasteiger partial charge in [-0.2, -0.15) is 0 Å². The number of hydrogen-bond acceptors (Lipinski definition) is 5. The van der Waals surface area contributed by atoms with E-state index in [1.807, 2.05) is 0 Å². The Labute approximate surface area is 123 Å². The van der Waals surface area contributed by atoms with Crippen molar-refractivity contribution in [3.05, 3.63) is 29.8 Å². The fraction of sp³-hybridized carbons (Fsp3) is 0.385. The Bertz CT molecular complexity index is 670. The molecule has 0 spiro atoms. The van der Waals surface area contributed by atoms with Gasteiger partial charge in [0, 0.05) is 19.2 Å². The highest BCUT2D eigenvalue weighted by molar-refractivity contribution is 7.90. The van der Waals surface area contributed by atoms with Crippen molar-refractivity contribution in [3.63, 3.8) is 0 Å². The van der Waals surface area contributed by atoms with Gasteiger partial charge in [-0.3, -0.25) is 14.5 Å². The quantitative estimate of drug-likeness (QED) is 0.741. The Morgan fingerprint density at radius 3 is 2.86 bits per heavy atom. The molecule has 7 nitrogen and oxygen atoms in total. The highest BCUT2D eigenvalue weighted by atomic mass is 32.2. The molecule has 114 valence electrons. The number of ether oxygens (including phenoxy) is 1. The highest BCUT2D eigenvalue weighted by Gasteiger charge is 2.31. The maximum atomic E-state index is 11.9. The summed E-state index contributed by atoms with van der Waals surface area (Å²) in [7, 11) is -2.04. The first-order chi connectivity index (χ1) is 9.95. The third-order valence-corrected chi connectivity index (χ3v) is 4.37. The molecule has 21 heavy (non-hydrogen) atoms. The van der Waals surface area contributed by atoms with E-state index >= 15 is 0 Å².